The van der Waals surface area contributed by atoms with Gasteiger partial charge in [-0.3, -0.25) is 4.79 Å². The van der Waals surface area contributed by atoms with E-state index in [0.29, 0.717) is 24.7 Å². The number of hydrogen-bond donors (Lipinski definition) is 1. The van der Waals surface area contributed by atoms with E-state index in [1.807, 2.05) is 6.08 Å². The first kappa shape index (κ1) is 21.0. The molecule has 0 aromatic carbocycles. The first-order valence-electron chi connectivity index (χ1n) is 10.7. The Balaban J connectivity index is 0.00000181. The zero-order valence-corrected chi connectivity index (χ0v) is 20.7. The summed E-state index contributed by atoms with van der Waals surface area (Å²) in [5.41, 5.74) is 2.41. The number of epoxide rings is 1. The van der Waals surface area contributed by atoms with Gasteiger partial charge in [-0.2, -0.15) is 0 Å². The third kappa shape index (κ3) is 2.37. The van der Waals surface area contributed by atoms with Gasteiger partial charge in [-0.15, -0.1) is 0 Å². The molecule has 0 aromatic rings. The van der Waals surface area contributed by atoms with Crippen LogP contribution in [0.5, 0.6) is 0 Å². The number of aliphatic hydroxyl groups is 1. The monoisotopic (exact) mass is 422 g/mol. The zero-order valence-electron chi connectivity index (χ0n) is 17.5. The Morgan fingerprint density at radius 2 is 2.10 bits per heavy atom. The number of carboxylic acid groups (broad SMARTS) is 1. The fourth-order valence-electron chi connectivity index (χ4n) is 8.06. The predicted molar refractivity (Wildman–Crippen MR) is 97.8 cm³/mol. The molecule has 29 heavy (non-hydrogen) atoms. The van der Waals surface area contributed by atoms with Gasteiger partial charge in [0.25, 0.3) is 0 Å². The van der Waals surface area contributed by atoms with Gasteiger partial charge in [0.05, 0.1) is 11.7 Å². The van der Waals surface area contributed by atoms with Crippen molar-refractivity contribution in [2.24, 2.45) is 22.7 Å². The number of carbonyl (C=O) groups excluding carboxylic acids is 2. The molecule has 1 saturated heterocycles. The number of carboxylic acids is 1. The van der Waals surface area contributed by atoms with Crippen LogP contribution in [0.1, 0.15) is 65.2 Å². The number of fused-ring (bicyclic) bond motifs is 5. The zero-order chi connectivity index (χ0) is 19.7. The first-order chi connectivity index (χ1) is 13.2. The molecule has 2 unspecified atom stereocenters. The number of ether oxygens (including phenoxy) is 1. The SMILES string of the molecule is C[C@]12CCC(=O)C=C1C1=C(C1)C1C3CC[C@@](O)(CCC(=O)[O-])[C@@]3(C)C[C@H]3O[C@@]132.[K+]. The molecule has 7 atom stereocenters. The molecule has 1 aliphatic heterocycles. The minimum Gasteiger partial charge on any atom is -0.550 e. The molecule has 6 aliphatic rings. The molecular formula is C23H27KO5. The van der Waals surface area contributed by atoms with Gasteiger partial charge in [0.15, 0.2) is 5.78 Å². The van der Waals surface area contributed by atoms with Gasteiger partial charge < -0.3 is 19.7 Å². The minimum absolute atomic E-state index is 0. The Kier molecular flexibility index (Phi) is 4.46. The second-order valence-corrected chi connectivity index (χ2v) is 10.6. The van der Waals surface area contributed by atoms with Crippen LogP contribution in [0, 0.1) is 22.7 Å². The van der Waals surface area contributed by atoms with Gasteiger partial charge in [-0.05, 0) is 68.1 Å². The molecule has 1 N–H and O–H groups in total. The first-order valence-corrected chi connectivity index (χ1v) is 10.7. The maximum Gasteiger partial charge on any atom is 1.00 e. The summed E-state index contributed by atoms with van der Waals surface area (Å²) in [7, 11) is 0. The summed E-state index contributed by atoms with van der Waals surface area (Å²) in [6.45, 7) is 4.45. The number of rotatable bonds is 3. The molecule has 1 spiro atoms. The van der Waals surface area contributed by atoms with E-state index in [9.17, 15) is 19.8 Å². The minimum atomic E-state index is -1.09. The predicted octanol–water partition coefficient (Wildman–Crippen LogP) is -1.17. The van der Waals surface area contributed by atoms with Gasteiger partial charge in [0, 0.05) is 29.1 Å². The van der Waals surface area contributed by atoms with Gasteiger partial charge in [-0.25, -0.2) is 0 Å². The van der Waals surface area contributed by atoms with Crippen molar-refractivity contribution in [2.75, 3.05) is 0 Å². The molecule has 3 fully saturated rings. The van der Waals surface area contributed by atoms with E-state index in [4.69, 9.17) is 4.74 Å². The van der Waals surface area contributed by atoms with E-state index >= 15 is 0 Å². The molecule has 150 valence electrons. The van der Waals surface area contributed by atoms with Gasteiger partial charge in [0.2, 0.25) is 0 Å². The van der Waals surface area contributed by atoms with Gasteiger partial charge >= 0.3 is 51.4 Å². The fourth-order valence-corrected chi connectivity index (χ4v) is 8.06. The Morgan fingerprint density at radius 1 is 1.34 bits per heavy atom. The molecule has 2 saturated carbocycles. The van der Waals surface area contributed by atoms with Crippen molar-refractivity contribution in [3.8, 4) is 0 Å². The van der Waals surface area contributed by atoms with Crippen molar-refractivity contribution < 1.29 is 75.9 Å². The van der Waals surface area contributed by atoms with Crippen LogP contribution in [-0.4, -0.2) is 34.2 Å². The standard InChI is InChI=1S/C23H28O5.K/c1-20-6-3-12(24)9-16(20)13-10-14(13)19-15-4-7-22(27,8-5-18(25)26)21(15,2)11-17-23(19,20)28-17;/h9,15,17,19,27H,3-8,10-11H2,1-2H3,(H,25,26);/q;+1/p-1/t15?,17-,19?,20+,21+,22-,23-;/m1./s1. The molecule has 6 heteroatoms. The third-order valence-electron chi connectivity index (χ3n) is 9.69. The van der Waals surface area contributed by atoms with Gasteiger partial charge in [-0.1, -0.05) is 19.4 Å². The van der Waals surface area contributed by atoms with Gasteiger partial charge in [0.1, 0.15) is 5.60 Å². The van der Waals surface area contributed by atoms with Crippen LogP contribution in [0.15, 0.2) is 22.8 Å². The Labute approximate surface area is 213 Å². The average Bonchev–Trinajstić information content (AvgIpc) is 3.52. The van der Waals surface area contributed by atoms with Crippen molar-refractivity contribution in [1.82, 2.24) is 0 Å². The molecule has 6 rings (SSSR count). The summed E-state index contributed by atoms with van der Waals surface area (Å²) < 4.78 is 6.57. The van der Waals surface area contributed by atoms with Crippen LogP contribution >= 0.6 is 0 Å². The smallest absolute Gasteiger partial charge is 0.550 e. The molecule has 0 aromatic heterocycles. The van der Waals surface area contributed by atoms with Crippen molar-refractivity contribution in [2.45, 2.75) is 82.5 Å². The third-order valence-corrected chi connectivity index (χ3v) is 9.69. The van der Waals surface area contributed by atoms with Crippen molar-refractivity contribution in [3.05, 3.63) is 22.8 Å². The summed E-state index contributed by atoms with van der Waals surface area (Å²) in [4.78, 5) is 23.2. The second-order valence-electron chi connectivity index (χ2n) is 10.6. The molecule has 0 radical (unpaired) electrons. The Morgan fingerprint density at radius 3 is 2.83 bits per heavy atom. The maximum absolute atomic E-state index is 12.1. The maximum atomic E-state index is 12.1. The van der Waals surface area contributed by atoms with Crippen LogP contribution in [-0.2, 0) is 14.3 Å². The molecule has 5 nitrogen and oxygen atoms in total. The van der Waals surface area contributed by atoms with E-state index in [1.165, 1.54) is 16.7 Å². The molecular weight excluding hydrogens is 395 g/mol. The summed E-state index contributed by atoms with van der Waals surface area (Å²) in [6.07, 6.45) is 6.88. The van der Waals surface area contributed by atoms with E-state index in [2.05, 4.69) is 13.8 Å². The van der Waals surface area contributed by atoms with Crippen molar-refractivity contribution in [3.63, 3.8) is 0 Å². The number of carbonyl (C=O) groups is 2. The van der Waals surface area contributed by atoms with E-state index in [-0.39, 0.29) is 92.5 Å². The number of hydrogen-bond acceptors (Lipinski definition) is 5. The number of aliphatic carboxylic acids is 1. The largest absolute Gasteiger partial charge is 1.00 e. The van der Waals surface area contributed by atoms with Crippen LogP contribution in [0.3, 0.4) is 0 Å². The number of allylic oxidation sites excluding steroid dienone is 2. The van der Waals surface area contributed by atoms with E-state index in [0.717, 1.165) is 25.7 Å². The molecule has 5 aliphatic carbocycles. The van der Waals surface area contributed by atoms with Crippen LogP contribution in [0.2, 0.25) is 0 Å². The topological polar surface area (TPSA) is 90.0 Å². The molecule has 0 amide bonds. The summed E-state index contributed by atoms with van der Waals surface area (Å²) in [5.74, 6) is -0.246. The second kappa shape index (κ2) is 6.15. The summed E-state index contributed by atoms with van der Waals surface area (Å²) >= 11 is 0. The summed E-state index contributed by atoms with van der Waals surface area (Å²) in [6, 6.07) is 0. The van der Waals surface area contributed by atoms with Crippen molar-refractivity contribution >= 4 is 11.8 Å². The fraction of sp³-hybridized carbons (Fsp3) is 0.739. The van der Waals surface area contributed by atoms with E-state index < -0.39 is 11.6 Å². The van der Waals surface area contributed by atoms with Crippen LogP contribution < -0.4 is 56.5 Å². The van der Waals surface area contributed by atoms with Crippen LogP contribution in [0.4, 0.5) is 0 Å². The van der Waals surface area contributed by atoms with E-state index in [1.54, 1.807) is 0 Å². The Bertz CT molecular complexity index is 907. The average molecular weight is 423 g/mol. The van der Waals surface area contributed by atoms with Crippen LogP contribution in [0.25, 0.3) is 0 Å². The molecule has 0 bridgehead atoms. The Hall–Kier alpha value is 0.176. The van der Waals surface area contributed by atoms with Crippen molar-refractivity contribution in [1.29, 1.82) is 0 Å². The normalized spacial score (nSPS) is 50.9. The number of ketones is 1. The summed E-state index contributed by atoms with van der Waals surface area (Å²) in [5, 5.41) is 22.6. The quantitative estimate of drug-likeness (QED) is 0.458. The molecule has 1 heterocycles.